The Morgan fingerprint density at radius 1 is 1.24 bits per heavy atom. The normalized spacial score (nSPS) is 16.4. The number of benzene rings is 1. The standard InChI is InChI=1S/C18H18N4O2S/c1-10-6-7-14-11(8-10)9-15(25-14)17(23)21-22-18(24)16-12-4-2-3-5-13(12)19-20-16/h2-5,9-10H,6-8H2,1H3,(H,19,20)(H,21,23)(H,22,24)/t10-/m0/s1. The Hall–Kier alpha value is -2.67. The number of nitrogens with zero attached hydrogens (tertiary/aromatic N) is 1. The van der Waals surface area contributed by atoms with E-state index in [1.165, 1.54) is 21.8 Å². The number of hydrazine groups is 1. The summed E-state index contributed by atoms with van der Waals surface area (Å²) in [6.07, 6.45) is 3.21. The summed E-state index contributed by atoms with van der Waals surface area (Å²) in [5, 5.41) is 7.54. The topological polar surface area (TPSA) is 86.9 Å². The van der Waals surface area contributed by atoms with E-state index in [4.69, 9.17) is 0 Å². The number of aromatic nitrogens is 2. The Morgan fingerprint density at radius 2 is 2.04 bits per heavy atom. The van der Waals surface area contributed by atoms with E-state index >= 15 is 0 Å². The fourth-order valence-corrected chi connectivity index (χ4v) is 4.29. The van der Waals surface area contributed by atoms with Crippen LogP contribution in [0.1, 0.15) is 43.9 Å². The van der Waals surface area contributed by atoms with Crippen LogP contribution in [0.2, 0.25) is 0 Å². The number of aromatic amines is 1. The molecule has 3 aromatic rings. The van der Waals surface area contributed by atoms with Gasteiger partial charge in [-0.05, 0) is 42.9 Å². The maximum Gasteiger partial charge on any atom is 0.290 e. The molecule has 7 heteroatoms. The fraction of sp³-hybridized carbons (Fsp3) is 0.278. The summed E-state index contributed by atoms with van der Waals surface area (Å²) in [6, 6.07) is 9.30. The number of rotatable bonds is 2. The minimum atomic E-state index is -0.444. The second-order valence-electron chi connectivity index (χ2n) is 6.43. The number of aryl methyl sites for hydroxylation is 1. The van der Waals surface area contributed by atoms with Gasteiger partial charge < -0.3 is 0 Å². The lowest BCUT2D eigenvalue weighted by atomic mass is 9.90. The summed E-state index contributed by atoms with van der Waals surface area (Å²) in [6.45, 7) is 2.23. The third-order valence-electron chi connectivity index (χ3n) is 4.53. The van der Waals surface area contributed by atoms with Gasteiger partial charge in [-0.15, -0.1) is 11.3 Å². The van der Waals surface area contributed by atoms with Gasteiger partial charge in [0.15, 0.2) is 5.69 Å². The molecule has 2 heterocycles. The van der Waals surface area contributed by atoms with Crippen LogP contribution in [-0.4, -0.2) is 22.0 Å². The summed E-state index contributed by atoms with van der Waals surface area (Å²) in [7, 11) is 0. The van der Waals surface area contributed by atoms with Crippen molar-refractivity contribution in [1.82, 2.24) is 21.0 Å². The zero-order valence-corrected chi connectivity index (χ0v) is 14.6. The number of hydrogen-bond acceptors (Lipinski definition) is 4. The molecule has 0 bridgehead atoms. The van der Waals surface area contributed by atoms with E-state index in [1.54, 1.807) is 0 Å². The van der Waals surface area contributed by atoms with Crippen LogP contribution in [0.3, 0.4) is 0 Å². The van der Waals surface area contributed by atoms with Crippen LogP contribution < -0.4 is 10.9 Å². The molecular formula is C18H18N4O2S. The highest BCUT2D eigenvalue weighted by Gasteiger charge is 2.21. The molecule has 1 aliphatic rings. The molecule has 0 aliphatic heterocycles. The largest absolute Gasteiger partial charge is 0.290 e. The molecule has 2 aromatic heterocycles. The Morgan fingerprint density at radius 3 is 2.92 bits per heavy atom. The van der Waals surface area contributed by atoms with Gasteiger partial charge in [0.2, 0.25) is 0 Å². The summed E-state index contributed by atoms with van der Waals surface area (Å²) in [5.41, 5.74) is 7.24. The zero-order valence-electron chi connectivity index (χ0n) is 13.8. The first-order valence-electron chi connectivity index (χ1n) is 8.27. The van der Waals surface area contributed by atoms with Crippen LogP contribution in [0.25, 0.3) is 10.9 Å². The van der Waals surface area contributed by atoms with Crippen molar-refractivity contribution in [2.24, 2.45) is 5.92 Å². The van der Waals surface area contributed by atoms with Crippen LogP contribution in [0.15, 0.2) is 30.3 Å². The zero-order chi connectivity index (χ0) is 17.4. The fourth-order valence-electron chi connectivity index (χ4n) is 3.19. The van der Waals surface area contributed by atoms with Gasteiger partial charge in [0.25, 0.3) is 11.8 Å². The summed E-state index contributed by atoms with van der Waals surface area (Å²) >= 11 is 1.51. The predicted octanol–water partition coefficient (Wildman–Crippen LogP) is 2.82. The van der Waals surface area contributed by atoms with E-state index in [1.807, 2.05) is 30.3 Å². The molecule has 0 saturated heterocycles. The minimum absolute atomic E-state index is 0.259. The number of fused-ring (bicyclic) bond motifs is 2. The van der Waals surface area contributed by atoms with Crippen molar-refractivity contribution in [2.45, 2.75) is 26.2 Å². The number of carbonyl (C=O) groups is 2. The van der Waals surface area contributed by atoms with Gasteiger partial charge in [-0.3, -0.25) is 25.5 Å². The average molecular weight is 354 g/mol. The highest BCUT2D eigenvalue weighted by atomic mass is 32.1. The van der Waals surface area contributed by atoms with E-state index in [-0.39, 0.29) is 11.6 Å². The Labute approximate surface area is 148 Å². The van der Waals surface area contributed by atoms with Crippen LogP contribution in [0, 0.1) is 5.92 Å². The maximum atomic E-state index is 12.3. The SMILES string of the molecule is C[C@H]1CCc2sc(C(=O)NNC(=O)c3n[nH]c4ccccc34)cc2C1. The van der Waals surface area contributed by atoms with E-state index in [0.29, 0.717) is 10.8 Å². The Bertz CT molecular complexity index is 959. The van der Waals surface area contributed by atoms with Gasteiger partial charge in [-0.2, -0.15) is 5.10 Å². The lowest BCUT2D eigenvalue weighted by Gasteiger charge is -2.16. The van der Waals surface area contributed by atoms with Crippen molar-refractivity contribution in [1.29, 1.82) is 0 Å². The van der Waals surface area contributed by atoms with Gasteiger partial charge in [0.05, 0.1) is 10.4 Å². The first-order valence-corrected chi connectivity index (χ1v) is 9.09. The minimum Gasteiger partial charge on any atom is -0.277 e. The number of nitrogens with one attached hydrogen (secondary N) is 3. The molecular weight excluding hydrogens is 336 g/mol. The van der Waals surface area contributed by atoms with Crippen LogP contribution in [-0.2, 0) is 12.8 Å². The van der Waals surface area contributed by atoms with Crippen molar-refractivity contribution in [2.75, 3.05) is 0 Å². The van der Waals surface area contributed by atoms with E-state index in [9.17, 15) is 9.59 Å². The van der Waals surface area contributed by atoms with Crippen LogP contribution >= 0.6 is 11.3 Å². The quantitative estimate of drug-likeness (QED) is 0.619. The number of carbonyl (C=O) groups excluding carboxylic acids is 2. The lowest BCUT2D eigenvalue weighted by Crippen LogP contribution is -2.41. The monoisotopic (exact) mass is 354 g/mol. The molecule has 3 N–H and O–H groups in total. The molecule has 0 spiro atoms. The molecule has 25 heavy (non-hydrogen) atoms. The second kappa shape index (κ2) is 6.33. The smallest absolute Gasteiger partial charge is 0.277 e. The van der Waals surface area contributed by atoms with Gasteiger partial charge >= 0.3 is 0 Å². The van der Waals surface area contributed by atoms with Crippen molar-refractivity contribution >= 4 is 34.1 Å². The molecule has 1 aromatic carbocycles. The summed E-state index contributed by atoms with van der Waals surface area (Å²) < 4.78 is 0. The highest BCUT2D eigenvalue weighted by Crippen LogP contribution is 2.32. The van der Waals surface area contributed by atoms with E-state index < -0.39 is 5.91 Å². The molecule has 0 saturated carbocycles. The molecule has 0 unspecified atom stereocenters. The van der Waals surface area contributed by atoms with Gasteiger partial charge in [0.1, 0.15) is 0 Å². The van der Waals surface area contributed by atoms with Gasteiger partial charge in [-0.25, -0.2) is 0 Å². The van der Waals surface area contributed by atoms with Crippen molar-refractivity contribution in [3.05, 3.63) is 51.3 Å². The van der Waals surface area contributed by atoms with Gasteiger partial charge in [-0.1, -0.05) is 25.1 Å². The van der Waals surface area contributed by atoms with Crippen LogP contribution in [0.4, 0.5) is 0 Å². The first-order chi connectivity index (χ1) is 12.1. The van der Waals surface area contributed by atoms with Crippen molar-refractivity contribution < 1.29 is 9.59 Å². The van der Waals surface area contributed by atoms with Gasteiger partial charge in [0, 0.05) is 10.3 Å². The highest BCUT2D eigenvalue weighted by molar-refractivity contribution is 7.14. The molecule has 0 fully saturated rings. The Balaban J connectivity index is 1.44. The predicted molar refractivity (Wildman–Crippen MR) is 96.5 cm³/mol. The van der Waals surface area contributed by atoms with Crippen molar-refractivity contribution in [3.8, 4) is 0 Å². The summed E-state index contributed by atoms with van der Waals surface area (Å²) in [4.78, 5) is 26.5. The number of thiophene rings is 1. The number of H-pyrrole nitrogens is 1. The number of amides is 2. The molecule has 2 amide bonds. The molecule has 1 aliphatic carbocycles. The summed E-state index contributed by atoms with van der Waals surface area (Å²) in [5.74, 6) is -0.0772. The van der Waals surface area contributed by atoms with Crippen LogP contribution in [0.5, 0.6) is 0 Å². The number of para-hydroxylation sites is 1. The number of hydrogen-bond donors (Lipinski definition) is 3. The molecule has 0 radical (unpaired) electrons. The maximum absolute atomic E-state index is 12.3. The molecule has 6 nitrogen and oxygen atoms in total. The van der Waals surface area contributed by atoms with E-state index in [2.05, 4.69) is 28.0 Å². The molecule has 128 valence electrons. The third-order valence-corrected chi connectivity index (χ3v) is 5.76. The Kier molecular flexibility index (Phi) is 4.01. The second-order valence-corrected chi connectivity index (χ2v) is 7.57. The van der Waals surface area contributed by atoms with Crippen molar-refractivity contribution in [3.63, 3.8) is 0 Å². The molecule has 1 atom stereocenters. The first kappa shape index (κ1) is 15.8. The average Bonchev–Trinajstić information content (AvgIpc) is 3.23. The van der Waals surface area contributed by atoms with E-state index in [0.717, 1.165) is 30.2 Å². The molecule has 4 rings (SSSR count). The lowest BCUT2D eigenvalue weighted by molar-refractivity contribution is 0.0847. The third kappa shape index (κ3) is 3.02.